The Morgan fingerprint density at radius 3 is 1.81 bits per heavy atom. The van der Waals surface area contributed by atoms with Crippen molar-refractivity contribution in [2.24, 2.45) is 0 Å². The highest BCUT2D eigenvalue weighted by molar-refractivity contribution is 8.76. The van der Waals surface area contributed by atoms with Crippen LogP contribution in [0, 0.1) is 10.1 Å². The number of imidazole rings is 3. The molecule has 0 radical (unpaired) electrons. The number of nitrogen functional groups attached to an aromatic ring is 1. The Hall–Kier alpha value is -9.79. The van der Waals surface area contributed by atoms with Gasteiger partial charge in [-0.1, -0.05) is 10.8 Å². The van der Waals surface area contributed by atoms with E-state index in [0.717, 1.165) is 21.6 Å². The number of aromatic amines is 4. The van der Waals surface area contributed by atoms with E-state index in [2.05, 4.69) is 86.7 Å². The molecule has 14 N–H and O–H groups in total. The van der Waals surface area contributed by atoms with Crippen LogP contribution in [0.15, 0.2) is 96.2 Å². The number of rotatable bonds is 28. The maximum atomic E-state index is 14.3. The molecule has 4 unspecified atom stereocenters. The zero-order valence-electron chi connectivity index (χ0n) is 40.4. The van der Waals surface area contributed by atoms with Gasteiger partial charge in [-0.2, -0.15) is 4.98 Å². The molecule has 5 atom stereocenters. The third-order valence-electron chi connectivity index (χ3n) is 11.2. The number of hydrogen-bond donors (Lipinski definition) is 13. The summed E-state index contributed by atoms with van der Waals surface area (Å²) >= 11 is 0. The Bertz CT molecular complexity index is 3310. The molecule has 0 fully saturated rings. The van der Waals surface area contributed by atoms with Gasteiger partial charge in [0.1, 0.15) is 30.2 Å². The van der Waals surface area contributed by atoms with Gasteiger partial charge in [0, 0.05) is 90.6 Å². The van der Waals surface area contributed by atoms with Gasteiger partial charge in [0.15, 0.2) is 16.2 Å². The summed E-state index contributed by atoms with van der Waals surface area (Å²) in [6.45, 7) is 0.133. The summed E-state index contributed by atoms with van der Waals surface area (Å²) in [6, 6.07) is 1.07. The monoisotopic (exact) mass is 1110 g/mol. The topological polar surface area (TPSA) is 472 Å². The number of nitro groups is 1. The normalized spacial score (nSPS) is 13.0. The lowest BCUT2D eigenvalue weighted by Gasteiger charge is -2.26. The molecule has 0 aliphatic carbocycles. The fourth-order valence-electron chi connectivity index (χ4n) is 7.24. The third kappa shape index (κ3) is 15.9. The van der Waals surface area contributed by atoms with E-state index in [1.807, 2.05) is 0 Å². The first-order valence-corrected chi connectivity index (χ1v) is 25.4. The first-order chi connectivity index (χ1) is 37.5. The number of anilines is 2. The molecule has 78 heavy (non-hydrogen) atoms. The average Bonchev–Trinajstić information content (AvgIpc) is 4.25. The molecule has 0 bridgehead atoms. The van der Waals surface area contributed by atoms with E-state index in [0.29, 0.717) is 28.5 Å². The van der Waals surface area contributed by atoms with Crippen molar-refractivity contribution in [2.45, 2.75) is 73.9 Å². The lowest BCUT2D eigenvalue weighted by molar-refractivity contribution is -0.388. The van der Waals surface area contributed by atoms with Crippen molar-refractivity contribution in [3.8, 4) is 0 Å². The molecule has 1 aromatic carbocycles. The first-order valence-electron chi connectivity index (χ1n) is 23.1. The molecule has 0 saturated carbocycles. The smallest absolute Gasteiger partial charge is 0.327 e. The molecule has 406 valence electrons. The lowest BCUT2D eigenvalue weighted by Crippen LogP contribution is -2.59. The molecule has 7 aromatic rings. The summed E-state index contributed by atoms with van der Waals surface area (Å²) in [5, 5.41) is 47.2. The number of nitrogens with two attached hydrogens (primary N) is 1. The van der Waals surface area contributed by atoms with Crippen molar-refractivity contribution in [3.05, 3.63) is 135 Å². The number of nitrogens with zero attached hydrogens (tertiary/aromatic N) is 8. The zero-order valence-corrected chi connectivity index (χ0v) is 42.0. The summed E-state index contributed by atoms with van der Waals surface area (Å²) in [5.74, 6) is -7.64. The van der Waals surface area contributed by atoms with Gasteiger partial charge in [-0.05, 0) is 47.5 Å². The van der Waals surface area contributed by atoms with Gasteiger partial charge in [0.05, 0.1) is 42.3 Å². The lowest BCUT2D eigenvalue weighted by atomic mass is 10.1. The van der Waals surface area contributed by atoms with E-state index in [-0.39, 0.29) is 64.9 Å². The Morgan fingerprint density at radius 2 is 1.27 bits per heavy atom. The van der Waals surface area contributed by atoms with Crippen molar-refractivity contribution in [1.29, 1.82) is 0 Å². The summed E-state index contributed by atoms with van der Waals surface area (Å²) in [7, 11) is 1.71. The van der Waals surface area contributed by atoms with E-state index in [1.54, 1.807) is 12.1 Å². The van der Waals surface area contributed by atoms with Crippen LogP contribution in [0.2, 0.25) is 0 Å². The number of aromatic nitrogens is 11. The average molecular weight is 1110 g/mol. The number of carbonyl (C=O) groups excluding carboxylic acids is 5. The quantitative estimate of drug-likeness (QED) is 0.0168. The van der Waals surface area contributed by atoms with Gasteiger partial charge in [-0.3, -0.25) is 43.9 Å². The first kappa shape index (κ1) is 55.9. The van der Waals surface area contributed by atoms with E-state index >= 15 is 0 Å². The SMILES string of the molecule is Nc1nc2ncc(CNc3ccc(C(=O)N[C@@H](CCC(=O)NC(Cc4cnc[nH]4)C(=O)NC(Cc4cnc[nH]4)C(=O)NC(Cc4cnc[nH]4)C(=O)NC(CSSc4ncccc4[N+](=O)[O-])C(=O)O)C(=O)O)cc3)nc2c(=O)[nH]1. The van der Waals surface area contributed by atoms with Crippen molar-refractivity contribution in [3.63, 3.8) is 0 Å². The number of hydrogen-bond acceptors (Lipinski definition) is 21. The molecule has 31 nitrogen and oxygen atoms in total. The van der Waals surface area contributed by atoms with Gasteiger partial charge in [-0.25, -0.2) is 39.5 Å². The summed E-state index contributed by atoms with van der Waals surface area (Å²) in [5.41, 5.74) is 6.89. The number of pyridine rings is 1. The third-order valence-corrected chi connectivity index (χ3v) is 13.5. The molecule has 0 aliphatic rings. The second-order valence-corrected chi connectivity index (χ2v) is 19.1. The van der Waals surface area contributed by atoms with Crippen molar-refractivity contribution in [2.75, 3.05) is 16.8 Å². The predicted octanol–water partition coefficient (Wildman–Crippen LogP) is -0.464. The van der Waals surface area contributed by atoms with Gasteiger partial charge < -0.3 is 62.8 Å². The predicted molar refractivity (Wildman–Crippen MR) is 276 cm³/mol. The van der Waals surface area contributed by atoms with E-state index in [1.165, 1.54) is 74.2 Å². The number of carboxylic acids is 2. The van der Waals surface area contributed by atoms with Crippen molar-refractivity contribution < 1.29 is 48.7 Å². The molecule has 6 aromatic heterocycles. The highest BCUT2D eigenvalue weighted by atomic mass is 33.1. The summed E-state index contributed by atoms with van der Waals surface area (Å²) in [4.78, 5) is 156. The molecule has 5 amide bonds. The number of fused-ring (bicyclic) bond motifs is 1. The van der Waals surface area contributed by atoms with Crippen molar-refractivity contribution >= 4 is 91.5 Å². The number of carbonyl (C=O) groups is 7. The Labute approximate surface area is 446 Å². The van der Waals surface area contributed by atoms with Crippen LogP contribution in [0.5, 0.6) is 0 Å². The minimum absolute atomic E-state index is 0.00563. The Morgan fingerprint density at radius 1 is 0.705 bits per heavy atom. The minimum atomic E-state index is -1.56. The Balaban J connectivity index is 0.979. The van der Waals surface area contributed by atoms with E-state index in [4.69, 9.17) is 5.73 Å². The highest BCUT2D eigenvalue weighted by Gasteiger charge is 2.33. The fraction of sp³-hybridized carbons (Fsp3) is 0.267. The molecule has 6 heterocycles. The zero-order chi connectivity index (χ0) is 55.7. The second kappa shape index (κ2) is 26.6. The largest absolute Gasteiger partial charge is 0.480 e. The number of benzene rings is 1. The molecule has 0 spiro atoms. The number of carboxylic acid groups (broad SMARTS) is 2. The van der Waals surface area contributed by atoms with Crippen LogP contribution in [0.1, 0.15) is 46.0 Å². The molecule has 7 rings (SSSR count). The molecular formula is C45H47N19O12S2. The van der Waals surface area contributed by atoms with Crippen LogP contribution in [-0.2, 0) is 54.6 Å². The molecular weight excluding hydrogens is 1060 g/mol. The summed E-state index contributed by atoms with van der Waals surface area (Å²) in [6.07, 6.45) is 9.28. The summed E-state index contributed by atoms with van der Waals surface area (Å²) < 4.78 is 0. The van der Waals surface area contributed by atoms with Crippen molar-refractivity contribution in [1.82, 2.24) is 81.4 Å². The molecule has 0 saturated heterocycles. The second-order valence-electron chi connectivity index (χ2n) is 16.8. The van der Waals surface area contributed by atoms with Crippen LogP contribution in [-0.4, -0.2) is 147 Å². The van der Waals surface area contributed by atoms with Crippen LogP contribution in [0.3, 0.4) is 0 Å². The van der Waals surface area contributed by atoms with Gasteiger partial charge in [-0.15, -0.1) is 0 Å². The van der Waals surface area contributed by atoms with E-state index < -0.39 is 95.0 Å². The molecule has 33 heteroatoms. The fourth-order valence-corrected chi connectivity index (χ4v) is 9.45. The van der Waals surface area contributed by atoms with Gasteiger partial charge in [0.2, 0.25) is 29.6 Å². The van der Waals surface area contributed by atoms with Crippen LogP contribution >= 0.6 is 21.6 Å². The minimum Gasteiger partial charge on any atom is -0.480 e. The number of H-pyrrole nitrogens is 4. The van der Waals surface area contributed by atoms with Crippen LogP contribution in [0.25, 0.3) is 11.2 Å². The maximum Gasteiger partial charge on any atom is 0.327 e. The number of nitrogens with one attached hydrogen (secondary N) is 10. The van der Waals surface area contributed by atoms with Crippen LogP contribution in [0.4, 0.5) is 17.3 Å². The molecule has 0 aliphatic heterocycles. The standard InChI is InChI=1S/C45H47N19O12S2/c46-45-62-36-35(41(70)63-45)56-27(17-52-36)16-51-23-5-3-22(4-6-23)37(66)58-28(43(71)72)7-8-34(65)57-29(10-24-13-47-19-53-24)38(67)59-30(11-25-14-48-20-54-25)39(68)60-31(12-26-15-49-21-55-26)40(69)61-32(44(73)74)18-77-78-42-33(64(75)76)2-1-9-50-42/h1-6,9,13-15,17,19-21,28-32,51H,7-8,10-12,16,18H2,(H,47,53)(H,48,54)(H,49,55)(H,57,65)(H,58,66)(H,59,67)(H,60,68)(H,61,69)(H,71,72)(H,73,74)(H3,46,52,62,63,70)/t28-,29?,30?,31?,32?/m0/s1. The number of amides is 5. The van der Waals surface area contributed by atoms with Gasteiger partial charge >= 0.3 is 17.6 Å². The highest BCUT2D eigenvalue weighted by Crippen LogP contribution is 2.35. The van der Waals surface area contributed by atoms with E-state index in [9.17, 15) is 58.7 Å². The maximum absolute atomic E-state index is 14.3. The van der Waals surface area contributed by atoms with Crippen LogP contribution < -0.4 is 43.2 Å². The van der Waals surface area contributed by atoms with Gasteiger partial charge in [0.25, 0.3) is 11.5 Å². The number of aliphatic carboxylic acids is 2. The Kier molecular flexibility index (Phi) is 19.1.